The van der Waals surface area contributed by atoms with Crippen LogP contribution in [0.25, 0.3) is 0 Å². The van der Waals surface area contributed by atoms with E-state index in [2.05, 4.69) is 22.2 Å². The predicted octanol–water partition coefficient (Wildman–Crippen LogP) is 1.40. The third-order valence-corrected chi connectivity index (χ3v) is 3.40. The highest BCUT2D eigenvalue weighted by atomic mass is 16.2. The van der Waals surface area contributed by atoms with Crippen molar-refractivity contribution >= 4 is 5.91 Å². The lowest BCUT2D eigenvalue weighted by Gasteiger charge is -2.25. The van der Waals surface area contributed by atoms with Crippen LogP contribution in [0.3, 0.4) is 0 Å². The molecule has 1 aromatic rings. The molecule has 1 fully saturated rings. The number of unbranched alkanes of at least 4 members (excludes halogenated alkanes) is 1. The van der Waals surface area contributed by atoms with Crippen LogP contribution in [0.2, 0.25) is 0 Å². The molecule has 1 amide bonds. The molecule has 5 nitrogen and oxygen atoms in total. The molecule has 5 heteroatoms. The number of nitrogens with zero attached hydrogens (tertiary/aromatic N) is 2. The van der Waals surface area contributed by atoms with E-state index < -0.39 is 0 Å². The minimum absolute atomic E-state index is 0.0645. The average Bonchev–Trinajstić information content (AvgIpc) is 3.06. The van der Waals surface area contributed by atoms with E-state index in [1.807, 2.05) is 4.90 Å². The Morgan fingerprint density at radius 3 is 3.11 bits per heavy atom. The highest BCUT2D eigenvalue weighted by Crippen LogP contribution is 2.10. The molecule has 2 N–H and O–H groups in total. The van der Waals surface area contributed by atoms with Crippen LogP contribution in [-0.2, 0) is 0 Å². The number of amides is 1. The first-order chi connectivity index (χ1) is 8.81. The van der Waals surface area contributed by atoms with Gasteiger partial charge in [0.1, 0.15) is 5.69 Å². The van der Waals surface area contributed by atoms with Gasteiger partial charge in [-0.1, -0.05) is 13.3 Å². The summed E-state index contributed by atoms with van der Waals surface area (Å²) in [6.07, 6.45) is 7.68. The van der Waals surface area contributed by atoms with E-state index in [-0.39, 0.29) is 5.91 Å². The Kier molecular flexibility index (Phi) is 4.75. The van der Waals surface area contributed by atoms with Crippen LogP contribution >= 0.6 is 0 Å². The highest BCUT2D eigenvalue weighted by molar-refractivity contribution is 5.92. The van der Waals surface area contributed by atoms with E-state index in [0.717, 1.165) is 32.5 Å². The maximum Gasteiger partial charge on any atom is 0.271 e. The van der Waals surface area contributed by atoms with Gasteiger partial charge >= 0.3 is 0 Å². The van der Waals surface area contributed by atoms with E-state index >= 15 is 0 Å². The van der Waals surface area contributed by atoms with Crippen LogP contribution in [0.15, 0.2) is 12.5 Å². The van der Waals surface area contributed by atoms with Crippen molar-refractivity contribution in [3.05, 3.63) is 18.2 Å². The average molecular weight is 250 g/mol. The molecular weight excluding hydrogens is 228 g/mol. The molecule has 1 aliphatic rings. The summed E-state index contributed by atoms with van der Waals surface area (Å²) in [4.78, 5) is 21.1. The molecule has 0 bridgehead atoms. The van der Waals surface area contributed by atoms with Gasteiger partial charge in [-0.3, -0.25) is 4.79 Å². The largest absolute Gasteiger partial charge is 0.341 e. The Hall–Kier alpha value is -1.36. The molecule has 2 rings (SSSR count). The first kappa shape index (κ1) is 13.1. The summed E-state index contributed by atoms with van der Waals surface area (Å²) in [5, 5.41) is 3.44. The lowest BCUT2D eigenvalue weighted by molar-refractivity contribution is 0.0734. The van der Waals surface area contributed by atoms with Crippen molar-refractivity contribution in [1.29, 1.82) is 0 Å². The van der Waals surface area contributed by atoms with Gasteiger partial charge in [-0.25, -0.2) is 4.98 Å². The van der Waals surface area contributed by atoms with Gasteiger partial charge in [-0.2, -0.15) is 0 Å². The second-order valence-corrected chi connectivity index (χ2v) is 4.86. The minimum Gasteiger partial charge on any atom is -0.341 e. The molecule has 1 aliphatic heterocycles. The summed E-state index contributed by atoms with van der Waals surface area (Å²) in [6.45, 7) is 4.85. The Morgan fingerprint density at radius 1 is 1.61 bits per heavy atom. The second kappa shape index (κ2) is 6.54. The quantitative estimate of drug-likeness (QED) is 0.802. The van der Waals surface area contributed by atoms with Crippen molar-refractivity contribution in [2.24, 2.45) is 0 Å². The van der Waals surface area contributed by atoms with Gasteiger partial charge < -0.3 is 15.2 Å². The van der Waals surface area contributed by atoms with Crippen molar-refractivity contribution in [2.45, 2.75) is 38.6 Å². The van der Waals surface area contributed by atoms with Gasteiger partial charge in [-0.15, -0.1) is 0 Å². The van der Waals surface area contributed by atoms with E-state index in [1.165, 1.54) is 12.8 Å². The molecule has 1 unspecified atom stereocenters. The molecule has 0 aromatic carbocycles. The van der Waals surface area contributed by atoms with E-state index in [4.69, 9.17) is 0 Å². The zero-order valence-electron chi connectivity index (χ0n) is 11.0. The highest BCUT2D eigenvalue weighted by Gasteiger charge is 2.22. The minimum atomic E-state index is 0.0645. The summed E-state index contributed by atoms with van der Waals surface area (Å²) in [5.41, 5.74) is 0.587. The SMILES string of the molecule is CCCCN(CC1CCCN1)C(=O)c1cnc[nH]1. The number of H-pyrrole nitrogens is 1. The topological polar surface area (TPSA) is 61.0 Å². The molecule has 0 radical (unpaired) electrons. The lowest BCUT2D eigenvalue weighted by Crippen LogP contribution is -2.41. The van der Waals surface area contributed by atoms with Gasteiger partial charge in [-0.05, 0) is 25.8 Å². The van der Waals surface area contributed by atoms with Crippen molar-refractivity contribution in [1.82, 2.24) is 20.2 Å². The molecule has 18 heavy (non-hydrogen) atoms. The zero-order chi connectivity index (χ0) is 12.8. The standard InChI is InChI=1S/C13H22N4O/c1-2-3-7-17(9-11-5-4-6-15-11)13(18)12-8-14-10-16-12/h8,10-11,15H,2-7,9H2,1H3,(H,14,16). The van der Waals surface area contributed by atoms with Gasteiger partial charge in [0.05, 0.1) is 12.5 Å². The summed E-state index contributed by atoms with van der Waals surface area (Å²) in [7, 11) is 0. The predicted molar refractivity (Wildman–Crippen MR) is 70.4 cm³/mol. The molecule has 0 spiro atoms. The fourth-order valence-electron chi connectivity index (χ4n) is 2.35. The van der Waals surface area contributed by atoms with E-state index in [9.17, 15) is 4.79 Å². The lowest BCUT2D eigenvalue weighted by atomic mass is 10.2. The smallest absolute Gasteiger partial charge is 0.271 e. The maximum atomic E-state index is 12.3. The summed E-state index contributed by atoms with van der Waals surface area (Å²) >= 11 is 0. The molecule has 1 atom stereocenters. The van der Waals surface area contributed by atoms with Crippen LogP contribution in [0.5, 0.6) is 0 Å². The fraction of sp³-hybridized carbons (Fsp3) is 0.692. The second-order valence-electron chi connectivity index (χ2n) is 4.86. The molecule has 2 heterocycles. The number of nitrogens with one attached hydrogen (secondary N) is 2. The third-order valence-electron chi connectivity index (χ3n) is 3.40. The van der Waals surface area contributed by atoms with Gasteiger partial charge in [0.25, 0.3) is 5.91 Å². The normalized spacial score (nSPS) is 19.1. The Bertz CT molecular complexity index is 357. The van der Waals surface area contributed by atoms with Crippen LogP contribution in [0.1, 0.15) is 43.1 Å². The van der Waals surface area contributed by atoms with Crippen molar-refractivity contribution in [3.8, 4) is 0 Å². The van der Waals surface area contributed by atoms with E-state index in [1.54, 1.807) is 12.5 Å². The van der Waals surface area contributed by atoms with Crippen LogP contribution in [-0.4, -0.2) is 46.5 Å². The zero-order valence-corrected chi connectivity index (χ0v) is 11.0. The summed E-state index contributed by atoms with van der Waals surface area (Å²) in [5.74, 6) is 0.0645. The number of aromatic nitrogens is 2. The van der Waals surface area contributed by atoms with Crippen LogP contribution < -0.4 is 5.32 Å². The van der Waals surface area contributed by atoms with E-state index in [0.29, 0.717) is 11.7 Å². The van der Waals surface area contributed by atoms with Gasteiger partial charge in [0.15, 0.2) is 0 Å². The van der Waals surface area contributed by atoms with Gasteiger partial charge in [0, 0.05) is 19.1 Å². The Balaban J connectivity index is 1.96. The maximum absolute atomic E-state index is 12.3. The molecule has 1 saturated heterocycles. The number of aromatic amines is 1. The fourth-order valence-corrected chi connectivity index (χ4v) is 2.35. The molecule has 100 valence electrons. The molecular formula is C13H22N4O. The summed E-state index contributed by atoms with van der Waals surface area (Å²) < 4.78 is 0. The first-order valence-corrected chi connectivity index (χ1v) is 6.82. The van der Waals surface area contributed by atoms with Crippen molar-refractivity contribution < 1.29 is 4.79 Å². The Labute approximate surface area is 108 Å². The first-order valence-electron chi connectivity index (χ1n) is 6.82. The number of carbonyl (C=O) groups is 1. The number of hydrogen-bond acceptors (Lipinski definition) is 3. The Morgan fingerprint density at radius 2 is 2.50 bits per heavy atom. The number of carbonyl (C=O) groups excluding carboxylic acids is 1. The van der Waals surface area contributed by atoms with Crippen LogP contribution in [0.4, 0.5) is 0 Å². The van der Waals surface area contributed by atoms with Crippen molar-refractivity contribution in [2.75, 3.05) is 19.6 Å². The van der Waals surface area contributed by atoms with Crippen LogP contribution in [0, 0.1) is 0 Å². The monoisotopic (exact) mass is 250 g/mol. The number of hydrogen-bond donors (Lipinski definition) is 2. The molecule has 1 aromatic heterocycles. The number of imidazole rings is 1. The molecule has 0 saturated carbocycles. The third kappa shape index (κ3) is 3.32. The number of rotatable bonds is 6. The van der Waals surface area contributed by atoms with Gasteiger partial charge in [0.2, 0.25) is 0 Å². The summed E-state index contributed by atoms with van der Waals surface area (Å²) in [6, 6.07) is 0.453. The molecule has 0 aliphatic carbocycles. The van der Waals surface area contributed by atoms with Crippen molar-refractivity contribution in [3.63, 3.8) is 0 Å².